The van der Waals surface area contributed by atoms with Crippen LogP contribution in [-0.2, 0) is 18.9 Å². The van der Waals surface area contributed by atoms with Crippen LogP contribution in [0.25, 0.3) is 22.0 Å². The lowest BCUT2D eigenvalue weighted by atomic mass is 9.95. The smallest absolute Gasteiger partial charge is 0.357 e. The highest BCUT2D eigenvalue weighted by Crippen LogP contribution is 2.42. The van der Waals surface area contributed by atoms with Crippen LogP contribution in [0.1, 0.15) is 16.8 Å². The van der Waals surface area contributed by atoms with E-state index in [-0.39, 0.29) is 28.8 Å². The average Bonchev–Trinajstić information content (AvgIpc) is 2.90. The molecule has 0 spiro atoms. The summed E-state index contributed by atoms with van der Waals surface area (Å²) < 4.78 is 78.9. The fraction of sp³-hybridized carbons (Fsp3) is 0.176. The number of rotatable bonds is 2. The van der Waals surface area contributed by atoms with E-state index in [0.29, 0.717) is 5.52 Å². The molecule has 0 unspecified atom stereocenters. The average molecular weight is 358 g/mol. The van der Waals surface area contributed by atoms with Crippen molar-refractivity contribution < 1.29 is 26.3 Å². The number of halogens is 6. The van der Waals surface area contributed by atoms with E-state index < -0.39 is 23.5 Å². The number of hydrogen-bond acceptors (Lipinski definition) is 1. The van der Waals surface area contributed by atoms with Gasteiger partial charge in [-0.3, -0.25) is 0 Å². The van der Waals surface area contributed by atoms with Crippen molar-refractivity contribution in [3.63, 3.8) is 0 Å². The predicted octanol–water partition coefficient (Wildman–Crippen LogP) is 5.33. The molecule has 2 nitrogen and oxygen atoms in total. The quantitative estimate of drug-likeness (QED) is 0.597. The Hall–Kier alpha value is -2.48. The minimum Gasteiger partial charge on any atom is -0.357 e. The molecule has 3 rings (SSSR count). The number of nitrogens with two attached hydrogens (primary N) is 1. The zero-order valence-electron chi connectivity index (χ0n) is 12.6. The molecule has 0 amide bonds. The Morgan fingerprint density at radius 1 is 0.880 bits per heavy atom. The first kappa shape index (κ1) is 17.3. The van der Waals surface area contributed by atoms with Crippen molar-refractivity contribution in [1.82, 2.24) is 4.98 Å². The van der Waals surface area contributed by atoms with Gasteiger partial charge in [0.25, 0.3) is 0 Å². The molecule has 8 heteroatoms. The summed E-state index contributed by atoms with van der Waals surface area (Å²) in [4.78, 5) is 2.81. The van der Waals surface area contributed by atoms with E-state index in [4.69, 9.17) is 5.73 Å². The first-order valence-electron chi connectivity index (χ1n) is 7.21. The van der Waals surface area contributed by atoms with Crippen molar-refractivity contribution in [3.05, 3.63) is 59.3 Å². The molecule has 0 aliphatic heterocycles. The normalized spacial score (nSPS) is 12.8. The molecule has 0 aliphatic carbocycles. The lowest BCUT2D eigenvalue weighted by Gasteiger charge is -2.14. The van der Waals surface area contributed by atoms with Crippen LogP contribution in [0.2, 0.25) is 0 Å². The van der Waals surface area contributed by atoms with Crippen LogP contribution >= 0.6 is 0 Å². The lowest BCUT2D eigenvalue weighted by molar-refractivity contribution is -0.138. The van der Waals surface area contributed by atoms with E-state index in [1.165, 1.54) is 24.3 Å². The monoisotopic (exact) mass is 358 g/mol. The molecular formula is C17H12F6N2. The van der Waals surface area contributed by atoms with Gasteiger partial charge in [0.15, 0.2) is 0 Å². The molecule has 0 bridgehead atoms. The predicted molar refractivity (Wildman–Crippen MR) is 81.6 cm³/mol. The standard InChI is InChI=1S/C17H12F6N2/c18-16(19,20)9-5-6-13-11(7-9)15(14(8-24)25-13)10-3-1-2-4-12(10)17(21,22)23/h1-7,25H,8,24H2. The molecule has 0 saturated heterocycles. The summed E-state index contributed by atoms with van der Waals surface area (Å²) in [6.45, 7) is -0.141. The second kappa shape index (κ2) is 5.80. The molecule has 0 atom stereocenters. The van der Waals surface area contributed by atoms with Crippen LogP contribution in [0.4, 0.5) is 26.3 Å². The van der Waals surface area contributed by atoms with Crippen molar-refractivity contribution in [1.29, 1.82) is 0 Å². The van der Waals surface area contributed by atoms with E-state index in [9.17, 15) is 26.3 Å². The second-order valence-corrected chi connectivity index (χ2v) is 5.48. The summed E-state index contributed by atoms with van der Waals surface area (Å²) in [7, 11) is 0. The van der Waals surface area contributed by atoms with Gasteiger partial charge in [-0.15, -0.1) is 0 Å². The second-order valence-electron chi connectivity index (χ2n) is 5.48. The summed E-state index contributed by atoms with van der Waals surface area (Å²) in [6.07, 6.45) is -9.25. The Labute approximate surface area is 138 Å². The molecule has 1 aromatic heterocycles. The minimum atomic E-state index is -4.65. The highest BCUT2D eigenvalue weighted by Gasteiger charge is 2.35. The molecule has 3 N–H and O–H groups in total. The van der Waals surface area contributed by atoms with E-state index >= 15 is 0 Å². The molecule has 0 aliphatic rings. The zero-order valence-corrected chi connectivity index (χ0v) is 12.6. The van der Waals surface area contributed by atoms with Crippen LogP contribution in [-0.4, -0.2) is 4.98 Å². The molecule has 0 saturated carbocycles. The third kappa shape index (κ3) is 3.09. The molecule has 0 fully saturated rings. The van der Waals surface area contributed by atoms with Gasteiger partial charge in [-0.2, -0.15) is 26.3 Å². The number of aromatic nitrogens is 1. The first-order chi connectivity index (χ1) is 11.6. The fourth-order valence-corrected chi connectivity index (χ4v) is 2.83. The third-order valence-electron chi connectivity index (χ3n) is 3.91. The maximum Gasteiger partial charge on any atom is 0.417 e. The van der Waals surface area contributed by atoms with Crippen LogP contribution in [0.15, 0.2) is 42.5 Å². The Balaban J connectivity index is 2.36. The maximum atomic E-state index is 13.3. The Bertz CT molecular complexity index is 921. The van der Waals surface area contributed by atoms with Crippen LogP contribution < -0.4 is 5.73 Å². The van der Waals surface area contributed by atoms with Gasteiger partial charge in [0.05, 0.1) is 11.1 Å². The largest absolute Gasteiger partial charge is 0.417 e. The first-order valence-corrected chi connectivity index (χ1v) is 7.21. The van der Waals surface area contributed by atoms with E-state index in [1.807, 2.05) is 0 Å². The summed E-state index contributed by atoms with van der Waals surface area (Å²) in [5, 5.41) is 0.0481. The maximum absolute atomic E-state index is 13.3. The number of aromatic amines is 1. The Morgan fingerprint density at radius 3 is 2.16 bits per heavy atom. The van der Waals surface area contributed by atoms with Crippen molar-refractivity contribution in [3.8, 4) is 11.1 Å². The molecule has 2 aromatic carbocycles. The van der Waals surface area contributed by atoms with Crippen LogP contribution in [0.3, 0.4) is 0 Å². The molecule has 132 valence electrons. The van der Waals surface area contributed by atoms with E-state index in [2.05, 4.69) is 4.98 Å². The van der Waals surface area contributed by atoms with Gasteiger partial charge >= 0.3 is 12.4 Å². The van der Waals surface area contributed by atoms with Crippen LogP contribution in [0, 0.1) is 0 Å². The summed E-state index contributed by atoms with van der Waals surface area (Å²) in [6, 6.07) is 7.65. The van der Waals surface area contributed by atoms with E-state index in [1.54, 1.807) is 0 Å². The van der Waals surface area contributed by atoms with Gasteiger partial charge in [-0.05, 0) is 29.8 Å². The molecule has 3 aromatic rings. The molecule has 1 heterocycles. The van der Waals surface area contributed by atoms with Crippen molar-refractivity contribution in [2.45, 2.75) is 18.9 Å². The topological polar surface area (TPSA) is 41.8 Å². The third-order valence-corrected chi connectivity index (χ3v) is 3.91. The van der Waals surface area contributed by atoms with Crippen molar-refractivity contribution >= 4 is 10.9 Å². The lowest BCUT2D eigenvalue weighted by Crippen LogP contribution is -2.08. The number of alkyl halides is 6. The number of benzene rings is 2. The van der Waals surface area contributed by atoms with Crippen molar-refractivity contribution in [2.75, 3.05) is 0 Å². The van der Waals surface area contributed by atoms with Crippen molar-refractivity contribution in [2.24, 2.45) is 5.73 Å². The van der Waals surface area contributed by atoms with E-state index in [0.717, 1.165) is 18.2 Å². The highest BCUT2D eigenvalue weighted by molar-refractivity contribution is 5.98. The Kier molecular flexibility index (Phi) is 4.03. The Morgan fingerprint density at radius 2 is 1.56 bits per heavy atom. The summed E-state index contributed by atoms with van der Waals surface area (Å²) >= 11 is 0. The van der Waals surface area contributed by atoms with Gasteiger partial charge in [0, 0.05) is 28.7 Å². The molecule has 25 heavy (non-hydrogen) atoms. The fourth-order valence-electron chi connectivity index (χ4n) is 2.83. The number of H-pyrrole nitrogens is 1. The van der Waals surface area contributed by atoms with Gasteiger partial charge < -0.3 is 10.7 Å². The SMILES string of the molecule is NCc1[nH]c2ccc(C(F)(F)F)cc2c1-c1ccccc1C(F)(F)F. The van der Waals surface area contributed by atoms with Gasteiger partial charge in [0.2, 0.25) is 0 Å². The van der Waals surface area contributed by atoms with Gasteiger partial charge in [0.1, 0.15) is 0 Å². The number of fused-ring (bicyclic) bond motifs is 1. The molecular weight excluding hydrogens is 346 g/mol. The number of nitrogens with one attached hydrogen (secondary N) is 1. The molecule has 0 radical (unpaired) electrons. The summed E-state index contributed by atoms with van der Waals surface area (Å²) in [5.74, 6) is 0. The summed E-state index contributed by atoms with van der Waals surface area (Å²) in [5.41, 5.74) is 4.10. The zero-order chi connectivity index (χ0) is 18.4. The number of hydrogen-bond donors (Lipinski definition) is 2. The van der Waals surface area contributed by atoms with Gasteiger partial charge in [-0.25, -0.2) is 0 Å². The van der Waals surface area contributed by atoms with Gasteiger partial charge in [-0.1, -0.05) is 18.2 Å². The highest BCUT2D eigenvalue weighted by atomic mass is 19.4. The minimum absolute atomic E-state index is 0.0384. The van der Waals surface area contributed by atoms with Crippen LogP contribution in [0.5, 0.6) is 0 Å².